The van der Waals surface area contributed by atoms with E-state index in [1.807, 2.05) is 17.0 Å². The molecule has 1 saturated carbocycles. The van der Waals surface area contributed by atoms with Gasteiger partial charge in [-0.15, -0.1) is 0 Å². The van der Waals surface area contributed by atoms with E-state index in [0.717, 1.165) is 62.7 Å². The number of benzene rings is 2. The number of para-hydroxylation sites is 1. The van der Waals surface area contributed by atoms with Crippen molar-refractivity contribution >= 4 is 28.3 Å². The summed E-state index contributed by atoms with van der Waals surface area (Å²) in [4.78, 5) is 24.5. The molecule has 2 aromatic carbocycles. The van der Waals surface area contributed by atoms with Gasteiger partial charge in [0.1, 0.15) is 5.82 Å². The number of nitrogens with two attached hydrogens (primary N) is 1. The van der Waals surface area contributed by atoms with Gasteiger partial charge >= 0.3 is 6.03 Å². The first kappa shape index (κ1) is 27.6. The van der Waals surface area contributed by atoms with Gasteiger partial charge in [0.05, 0.1) is 30.1 Å². The number of primary amides is 1. The minimum atomic E-state index is -0.474. The molecular formula is C34H42FN5O2. The van der Waals surface area contributed by atoms with Crippen molar-refractivity contribution in [3.63, 3.8) is 0 Å². The van der Waals surface area contributed by atoms with Crippen molar-refractivity contribution in [3.8, 4) is 0 Å². The highest BCUT2D eigenvalue weighted by Crippen LogP contribution is 2.48. The molecule has 2 N–H and O–H groups in total. The quantitative estimate of drug-likeness (QED) is 0.363. The minimum Gasteiger partial charge on any atom is -0.378 e. The number of halogens is 1. The Kier molecular flexibility index (Phi) is 7.53. The highest BCUT2D eigenvalue weighted by atomic mass is 19.1. The number of amides is 2. The molecule has 4 fully saturated rings. The Morgan fingerprint density at radius 2 is 1.76 bits per heavy atom. The van der Waals surface area contributed by atoms with E-state index in [-0.39, 0.29) is 11.4 Å². The average molecular weight is 572 g/mol. The Hall–Kier alpha value is -3.23. The van der Waals surface area contributed by atoms with Crippen LogP contribution < -0.4 is 15.5 Å². The van der Waals surface area contributed by atoms with Crippen molar-refractivity contribution in [2.24, 2.45) is 11.7 Å². The number of carbonyl (C=O) groups is 1. The van der Waals surface area contributed by atoms with Crippen molar-refractivity contribution < 1.29 is 13.9 Å². The van der Waals surface area contributed by atoms with Crippen molar-refractivity contribution in [1.29, 1.82) is 0 Å². The molecule has 1 aliphatic carbocycles. The number of carbonyl (C=O) groups excluding carboxylic acids is 1. The van der Waals surface area contributed by atoms with Crippen LogP contribution in [0.4, 0.5) is 20.6 Å². The average Bonchev–Trinajstić information content (AvgIpc) is 3.54. The molecule has 222 valence electrons. The molecule has 2 amide bonds. The smallest absolute Gasteiger partial charge is 0.319 e. The van der Waals surface area contributed by atoms with Crippen LogP contribution >= 0.6 is 0 Å². The molecule has 7 nitrogen and oxygen atoms in total. The lowest BCUT2D eigenvalue weighted by Crippen LogP contribution is -2.55. The second-order valence-electron chi connectivity index (χ2n) is 12.9. The summed E-state index contributed by atoms with van der Waals surface area (Å²) < 4.78 is 20.9. The van der Waals surface area contributed by atoms with Crippen LogP contribution in [0.3, 0.4) is 0 Å². The lowest BCUT2D eigenvalue weighted by Gasteiger charge is -2.46. The largest absolute Gasteiger partial charge is 0.378 e. The number of urea groups is 1. The van der Waals surface area contributed by atoms with Crippen LogP contribution in [0.25, 0.3) is 10.9 Å². The third-order valence-corrected chi connectivity index (χ3v) is 10.4. The van der Waals surface area contributed by atoms with Crippen LogP contribution in [0.5, 0.6) is 0 Å². The molecule has 4 heterocycles. The highest BCUT2D eigenvalue weighted by Gasteiger charge is 2.48. The van der Waals surface area contributed by atoms with Gasteiger partial charge in [0, 0.05) is 48.3 Å². The van der Waals surface area contributed by atoms with Gasteiger partial charge in [-0.2, -0.15) is 0 Å². The number of hydrogen-bond acceptors (Lipinski definition) is 5. The molecule has 42 heavy (non-hydrogen) atoms. The number of anilines is 2. The second-order valence-corrected chi connectivity index (χ2v) is 12.9. The first-order valence-electron chi connectivity index (χ1n) is 15.8. The van der Waals surface area contributed by atoms with E-state index in [9.17, 15) is 4.79 Å². The third-order valence-electron chi connectivity index (χ3n) is 10.4. The third kappa shape index (κ3) is 5.24. The monoisotopic (exact) mass is 571 g/mol. The van der Waals surface area contributed by atoms with Gasteiger partial charge in [-0.1, -0.05) is 37.1 Å². The van der Waals surface area contributed by atoms with Crippen molar-refractivity contribution in [1.82, 2.24) is 9.88 Å². The van der Waals surface area contributed by atoms with E-state index >= 15 is 4.39 Å². The summed E-state index contributed by atoms with van der Waals surface area (Å²) in [5.41, 5.74) is 9.10. The van der Waals surface area contributed by atoms with Crippen LogP contribution in [0, 0.1) is 11.7 Å². The summed E-state index contributed by atoms with van der Waals surface area (Å²) in [5.74, 6) is 0.211. The summed E-state index contributed by atoms with van der Waals surface area (Å²) in [6, 6.07) is 18.5. The minimum absolute atomic E-state index is 0.303. The van der Waals surface area contributed by atoms with Crippen LogP contribution in [-0.4, -0.2) is 59.8 Å². The number of pyridine rings is 1. The molecule has 0 radical (unpaired) electrons. The van der Waals surface area contributed by atoms with Crippen LogP contribution in [0.2, 0.25) is 0 Å². The van der Waals surface area contributed by atoms with Gasteiger partial charge < -0.3 is 15.4 Å². The molecular weight excluding hydrogens is 529 g/mol. The predicted molar refractivity (Wildman–Crippen MR) is 164 cm³/mol. The summed E-state index contributed by atoms with van der Waals surface area (Å²) in [6.07, 6.45) is 9.59. The summed E-state index contributed by atoms with van der Waals surface area (Å²) in [5, 5.41) is 1.18. The van der Waals surface area contributed by atoms with Gasteiger partial charge in [-0.3, -0.25) is 14.8 Å². The number of aromatic nitrogens is 1. The summed E-state index contributed by atoms with van der Waals surface area (Å²) in [7, 11) is 0. The Bertz CT molecular complexity index is 1420. The maximum absolute atomic E-state index is 15.5. The standard InChI is InChI=1S/C34H42FN5O2/c35-30-21-29(11-12-32(30)38-15-17-42-18-16-38)40(33(36)41)34(13-3-4-14-34)22-24-19-27-9-10-28(20-24)39(27)23-26-8-7-25-5-1-2-6-31(25)37-26/h1-2,5-8,11-12,21,24,27-28H,3-4,9-10,13-20,22-23H2,(H2,36,41). The number of ether oxygens (including phenoxy) is 1. The van der Waals surface area contributed by atoms with Gasteiger partial charge in [-0.25, -0.2) is 9.18 Å². The van der Waals surface area contributed by atoms with E-state index in [1.54, 1.807) is 4.90 Å². The first-order valence-corrected chi connectivity index (χ1v) is 15.8. The van der Waals surface area contributed by atoms with E-state index < -0.39 is 6.03 Å². The van der Waals surface area contributed by atoms with Crippen LogP contribution in [0.15, 0.2) is 54.6 Å². The first-order chi connectivity index (χ1) is 20.5. The van der Waals surface area contributed by atoms with Crippen LogP contribution in [0.1, 0.15) is 63.5 Å². The fraction of sp³-hybridized carbons (Fsp3) is 0.529. The topological polar surface area (TPSA) is 74.9 Å². The second kappa shape index (κ2) is 11.5. The number of morpholine rings is 1. The Labute approximate surface area is 247 Å². The van der Waals surface area contributed by atoms with Gasteiger partial charge in [0.25, 0.3) is 0 Å². The number of piperidine rings is 1. The fourth-order valence-corrected chi connectivity index (χ4v) is 8.61. The van der Waals surface area contributed by atoms with Gasteiger partial charge in [0.2, 0.25) is 0 Å². The molecule has 0 spiro atoms. The van der Waals surface area contributed by atoms with E-state index in [4.69, 9.17) is 15.5 Å². The lowest BCUT2D eigenvalue weighted by atomic mass is 9.77. The fourth-order valence-electron chi connectivity index (χ4n) is 8.61. The predicted octanol–water partition coefficient (Wildman–Crippen LogP) is 6.24. The van der Waals surface area contributed by atoms with E-state index in [2.05, 4.69) is 41.3 Å². The van der Waals surface area contributed by atoms with Crippen LogP contribution in [-0.2, 0) is 11.3 Å². The molecule has 3 aromatic rings. The Morgan fingerprint density at radius 1 is 1.02 bits per heavy atom. The molecule has 2 unspecified atom stereocenters. The summed E-state index contributed by atoms with van der Waals surface area (Å²) in [6.45, 7) is 3.41. The Balaban J connectivity index is 1.08. The maximum Gasteiger partial charge on any atom is 0.319 e. The van der Waals surface area contributed by atoms with Gasteiger partial charge in [-0.05, 0) is 81.2 Å². The zero-order valence-corrected chi connectivity index (χ0v) is 24.4. The SMILES string of the molecule is NC(=O)N(c1ccc(N2CCOCC2)c(F)c1)C1(CC2CC3CCC(C2)N3Cc2ccc3ccccc3n2)CCCC1. The molecule has 2 bridgehead atoms. The number of fused-ring (bicyclic) bond motifs is 3. The van der Waals surface area contributed by atoms with Crippen molar-refractivity contribution in [2.45, 2.75) is 82.0 Å². The number of nitrogens with zero attached hydrogens (tertiary/aromatic N) is 4. The number of rotatable bonds is 7. The zero-order valence-electron chi connectivity index (χ0n) is 24.4. The summed E-state index contributed by atoms with van der Waals surface area (Å²) >= 11 is 0. The van der Waals surface area contributed by atoms with E-state index in [1.165, 1.54) is 24.3 Å². The maximum atomic E-state index is 15.5. The molecule has 8 heteroatoms. The molecule has 3 saturated heterocycles. The highest BCUT2D eigenvalue weighted by molar-refractivity contribution is 5.92. The lowest BCUT2D eigenvalue weighted by molar-refractivity contribution is 0.0815. The van der Waals surface area contributed by atoms with Crippen molar-refractivity contribution in [3.05, 3.63) is 66.1 Å². The Morgan fingerprint density at radius 3 is 2.48 bits per heavy atom. The van der Waals surface area contributed by atoms with Crippen molar-refractivity contribution in [2.75, 3.05) is 36.1 Å². The zero-order chi connectivity index (χ0) is 28.7. The molecule has 4 aliphatic rings. The molecule has 7 rings (SSSR count). The molecule has 1 aromatic heterocycles. The molecule has 3 aliphatic heterocycles. The normalized spacial score (nSPS) is 25.6. The van der Waals surface area contributed by atoms with E-state index in [0.29, 0.717) is 55.7 Å². The molecule has 2 atom stereocenters. The number of hydrogen-bond donors (Lipinski definition) is 1. The van der Waals surface area contributed by atoms with Gasteiger partial charge in [0.15, 0.2) is 0 Å².